The van der Waals surface area contributed by atoms with Crippen molar-refractivity contribution in [2.45, 2.75) is 32.3 Å². The van der Waals surface area contributed by atoms with Gasteiger partial charge in [-0.25, -0.2) is 4.79 Å². The molecule has 0 unspecified atom stereocenters. The average molecular weight is 230 g/mol. The van der Waals surface area contributed by atoms with Crippen molar-refractivity contribution >= 4 is 5.97 Å². The molecule has 0 radical (unpaired) electrons. The van der Waals surface area contributed by atoms with Crippen LogP contribution in [0, 0.1) is 5.92 Å². The summed E-state index contributed by atoms with van der Waals surface area (Å²) in [6, 6.07) is 0. The van der Waals surface area contributed by atoms with Gasteiger partial charge < -0.3 is 4.74 Å². The highest BCUT2D eigenvalue weighted by molar-refractivity contribution is 5.91. The van der Waals surface area contributed by atoms with Gasteiger partial charge in [-0.05, 0) is 19.8 Å². The van der Waals surface area contributed by atoms with Crippen molar-refractivity contribution < 1.29 is 9.53 Å². The van der Waals surface area contributed by atoms with Gasteiger partial charge in [0.2, 0.25) is 0 Å². The standard InChI is InChI=1S/C15H18O2/c1-10-5-4-6-11(2)9-14-13(8-7-10)12(3)15(16)17-14/h6-8,13-14H,1,3-5,9H2,2H3/b8-7+,11-6+/t13-,14+/m1/s1. The average Bonchev–Trinajstić information content (AvgIpc) is 2.52. The fourth-order valence-corrected chi connectivity index (χ4v) is 2.28. The lowest BCUT2D eigenvalue weighted by Crippen LogP contribution is -2.15. The van der Waals surface area contributed by atoms with Crippen LogP contribution < -0.4 is 0 Å². The number of carbonyl (C=O) groups is 1. The van der Waals surface area contributed by atoms with E-state index in [0.29, 0.717) is 5.57 Å². The summed E-state index contributed by atoms with van der Waals surface area (Å²) in [5.41, 5.74) is 2.92. The van der Waals surface area contributed by atoms with Gasteiger partial charge in [0.15, 0.2) is 0 Å². The zero-order valence-corrected chi connectivity index (χ0v) is 10.2. The molecule has 0 aromatic rings. The molecular weight excluding hydrogens is 212 g/mol. The summed E-state index contributed by atoms with van der Waals surface area (Å²) in [5.74, 6) is -0.261. The van der Waals surface area contributed by atoms with Gasteiger partial charge in [0.05, 0.1) is 0 Å². The molecule has 1 aliphatic carbocycles. The van der Waals surface area contributed by atoms with Crippen molar-refractivity contribution in [3.63, 3.8) is 0 Å². The van der Waals surface area contributed by atoms with Crippen LogP contribution in [-0.2, 0) is 9.53 Å². The van der Waals surface area contributed by atoms with Crippen molar-refractivity contribution in [2.24, 2.45) is 5.92 Å². The molecule has 0 N–H and O–H groups in total. The van der Waals surface area contributed by atoms with E-state index in [9.17, 15) is 4.79 Å². The summed E-state index contributed by atoms with van der Waals surface area (Å²) < 4.78 is 5.35. The number of ether oxygens (including phenoxy) is 1. The summed E-state index contributed by atoms with van der Waals surface area (Å²) in [6.07, 6.45) is 8.89. The Morgan fingerprint density at radius 3 is 2.94 bits per heavy atom. The normalized spacial score (nSPS) is 34.6. The second-order valence-corrected chi connectivity index (χ2v) is 4.81. The molecule has 1 heterocycles. The van der Waals surface area contributed by atoms with E-state index < -0.39 is 0 Å². The van der Waals surface area contributed by atoms with Crippen molar-refractivity contribution in [3.8, 4) is 0 Å². The molecule has 1 fully saturated rings. The molecular formula is C15H18O2. The topological polar surface area (TPSA) is 26.3 Å². The van der Waals surface area contributed by atoms with Gasteiger partial charge in [-0.1, -0.05) is 42.5 Å². The van der Waals surface area contributed by atoms with Gasteiger partial charge in [-0.3, -0.25) is 0 Å². The third kappa shape index (κ3) is 2.57. The number of esters is 1. The Balaban J connectivity index is 2.27. The molecule has 2 heteroatoms. The molecule has 2 atom stereocenters. The zero-order chi connectivity index (χ0) is 12.4. The van der Waals surface area contributed by atoms with Crippen molar-refractivity contribution in [1.29, 1.82) is 0 Å². The minimum atomic E-state index is -0.262. The highest BCUT2D eigenvalue weighted by Gasteiger charge is 2.36. The minimum Gasteiger partial charge on any atom is -0.458 e. The molecule has 1 aliphatic heterocycles. The Bertz CT molecular complexity index is 426. The number of rotatable bonds is 0. The predicted octanol–water partition coefficient (Wildman–Crippen LogP) is 3.33. The van der Waals surface area contributed by atoms with E-state index >= 15 is 0 Å². The van der Waals surface area contributed by atoms with Crippen LogP contribution in [0.2, 0.25) is 0 Å². The molecule has 2 aliphatic rings. The maximum Gasteiger partial charge on any atom is 0.334 e. The second-order valence-electron chi connectivity index (χ2n) is 4.81. The first-order chi connectivity index (χ1) is 8.08. The largest absolute Gasteiger partial charge is 0.458 e. The number of fused-ring (bicyclic) bond motifs is 1. The molecule has 0 bridgehead atoms. The lowest BCUT2D eigenvalue weighted by Gasteiger charge is -2.16. The molecule has 90 valence electrons. The number of allylic oxidation sites excluding steroid dienone is 3. The van der Waals surface area contributed by atoms with Crippen molar-refractivity contribution in [3.05, 3.63) is 48.1 Å². The fourth-order valence-electron chi connectivity index (χ4n) is 2.28. The first-order valence-corrected chi connectivity index (χ1v) is 5.99. The van der Waals surface area contributed by atoms with Gasteiger partial charge in [-0.15, -0.1) is 0 Å². The molecule has 0 aromatic carbocycles. The van der Waals surface area contributed by atoms with Crippen molar-refractivity contribution in [2.75, 3.05) is 0 Å². The van der Waals surface area contributed by atoms with Gasteiger partial charge in [-0.2, -0.15) is 0 Å². The second kappa shape index (κ2) is 4.74. The summed E-state index contributed by atoms with van der Waals surface area (Å²) in [7, 11) is 0. The Hall–Kier alpha value is -1.57. The smallest absolute Gasteiger partial charge is 0.334 e. The van der Waals surface area contributed by atoms with E-state index in [1.165, 1.54) is 5.57 Å². The van der Waals surface area contributed by atoms with Crippen LogP contribution in [0.1, 0.15) is 26.2 Å². The quantitative estimate of drug-likeness (QED) is 0.362. The fraction of sp³-hybridized carbons (Fsp3) is 0.400. The highest BCUT2D eigenvalue weighted by atomic mass is 16.6. The molecule has 0 aromatic heterocycles. The summed E-state index contributed by atoms with van der Waals surface area (Å²) in [5, 5.41) is 0. The maximum absolute atomic E-state index is 11.5. The minimum absolute atomic E-state index is 0.000648. The van der Waals surface area contributed by atoms with E-state index in [1.807, 2.05) is 12.2 Å². The van der Waals surface area contributed by atoms with Gasteiger partial charge in [0.1, 0.15) is 6.10 Å². The van der Waals surface area contributed by atoms with Gasteiger partial charge >= 0.3 is 5.97 Å². The van der Waals surface area contributed by atoms with Gasteiger partial charge in [0.25, 0.3) is 0 Å². The first-order valence-electron chi connectivity index (χ1n) is 5.99. The summed E-state index contributed by atoms with van der Waals surface area (Å²) >= 11 is 0. The molecule has 0 amide bonds. The third-order valence-electron chi connectivity index (χ3n) is 3.34. The number of carbonyl (C=O) groups excluding carboxylic acids is 1. The molecule has 0 saturated carbocycles. The monoisotopic (exact) mass is 230 g/mol. The molecule has 17 heavy (non-hydrogen) atoms. The Morgan fingerprint density at radius 1 is 1.41 bits per heavy atom. The summed E-state index contributed by atoms with van der Waals surface area (Å²) in [4.78, 5) is 11.5. The molecule has 1 saturated heterocycles. The Labute approximate surface area is 102 Å². The molecule has 2 rings (SSSR count). The molecule has 0 spiro atoms. The zero-order valence-electron chi connectivity index (χ0n) is 10.2. The maximum atomic E-state index is 11.5. The summed E-state index contributed by atoms with van der Waals surface area (Å²) in [6.45, 7) is 9.90. The van der Waals surface area contributed by atoms with E-state index in [4.69, 9.17) is 4.74 Å². The lowest BCUT2D eigenvalue weighted by molar-refractivity contribution is -0.138. The third-order valence-corrected chi connectivity index (χ3v) is 3.34. The van der Waals surface area contributed by atoms with E-state index in [-0.39, 0.29) is 18.0 Å². The first kappa shape index (κ1) is 11.9. The SMILES string of the molecule is C=C1/C=C/[C@@H]2C(=C)C(=O)O[C@H]2C/C(C)=C/CC1. The van der Waals surface area contributed by atoms with Gasteiger partial charge in [0, 0.05) is 17.9 Å². The number of hydrogen-bond acceptors (Lipinski definition) is 2. The van der Waals surface area contributed by atoms with Crippen LogP contribution in [0.5, 0.6) is 0 Å². The van der Waals surface area contributed by atoms with Crippen LogP contribution in [0.3, 0.4) is 0 Å². The predicted molar refractivity (Wildman–Crippen MR) is 68.4 cm³/mol. The lowest BCUT2D eigenvalue weighted by atomic mass is 9.90. The van der Waals surface area contributed by atoms with Crippen LogP contribution in [0.4, 0.5) is 0 Å². The van der Waals surface area contributed by atoms with Crippen LogP contribution in [-0.4, -0.2) is 12.1 Å². The van der Waals surface area contributed by atoms with Crippen molar-refractivity contribution in [1.82, 2.24) is 0 Å². The van der Waals surface area contributed by atoms with Crippen LogP contribution in [0.15, 0.2) is 48.1 Å². The Morgan fingerprint density at radius 2 is 2.18 bits per heavy atom. The molecule has 2 nitrogen and oxygen atoms in total. The van der Waals surface area contributed by atoms with E-state index in [2.05, 4.69) is 26.2 Å². The van der Waals surface area contributed by atoms with E-state index in [1.54, 1.807) is 0 Å². The number of hydrogen-bond donors (Lipinski definition) is 0. The van der Waals surface area contributed by atoms with Crippen LogP contribution in [0.25, 0.3) is 0 Å². The van der Waals surface area contributed by atoms with Crippen LogP contribution >= 0.6 is 0 Å². The Kier molecular flexibility index (Phi) is 3.32. The highest BCUT2D eigenvalue weighted by Crippen LogP contribution is 2.32. The van der Waals surface area contributed by atoms with E-state index in [0.717, 1.165) is 24.8 Å².